The van der Waals surface area contributed by atoms with E-state index in [2.05, 4.69) is 25.8 Å². The van der Waals surface area contributed by atoms with Crippen LogP contribution in [-0.2, 0) is 11.3 Å². The Morgan fingerprint density at radius 2 is 2.07 bits per heavy atom. The number of rotatable bonds is 7. The van der Waals surface area contributed by atoms with Gasteiger partial charge in [0.1, 0.15) is 5.82 Å². The second-order valence-electron chi connectivity index (χ2n) is 7.40. The molecule has 1 aromatic carbocycles. The van der Waals surface area contributed by atoms with E-state index in [9.17, 15) is 9.18 Å². The molecule has 0 aromatic heterocycles. The third-order valence-electron chi connectivity index (χ3n) is 4.72. The molecule has 0 aliphatic carbocycles. The average Bonchev–Trinajstić information content (AvgIpc) is 2.66. The van der Waals surface area contributed by atoms with Gasteiger partial charge in [0.25, 0.3) is 0 Å². The Hall–Kier alpha value is -1.13. The van der Waals surface area contributed by atoms with Gasteiger partial charge in [-0.1, -0.05) is 31.5 Å². The summed E-state index contributed by atoms with van der Waals surface area (Å²) in [5, 5.41) is 10.0. The molecule has 1 amide bonds. The van der Waals surface area contributed by atoms with Crippen LogP contribution in [0.3, 0.4) is 0 Å². The number of hydrogen-bond acceptors (Lipinski definition) is 3. The smallest absolute Gasteiger partial charge is 0.222 e. The zero-order chi connectivity index (χ0) is 20.5. The summed E-state index contributed by atoms with van der Waals surface area (Å²) in [7, 11) is 1.74. The third-order valence-corrected chi connectivity index (χ3v) is 5.07. The fraction of sp³-hybridized carbons (Fsp3) is 0.600. The molecule has 1 atom stereocenters. The van der Waals surface area contributed by atoms with E-state index in [4.69, 9.17) is 11.6 Å². The molecule has 0 bridgehead atoms. The Bertz CT molecular complexity index is 689. The lowest BCUT2D eigenvalue weighted by Crippen LogP contribution is -2.51. The number of nitrogens with one attached hydrogen (secondary N) is 3. The summed E-state index contributed by atoms with van der Waals surface area (Å²) in [6, 6.07) is 4.83. The van der Waals surface area contributed by atoms with Crippen LogP contribution in [0.15, 0.2) is 23.2 Å². The zero-order valence-electron chi connectivity index (χ0n) is 17.3. The number of benzene rings is 1. The highest BCUT2D eigenvalue weighted by Crippen LogP contribution is 2.21. The summed E-state index contributed by atoms with van der Waals surface area (Å²) in [6.45, 7) is 7.45. The minimum Gasteiger partial charge on any atom is -0.355 e. The van der Waals surface area contributed by atoms with E-state index >= 15 is 0 Å². The lowest BCUT2D eigenvalue weighted by atomic mass is 10.0. The fourth-order valence-corrected chi connectivity index (χ4v) is 3.39. The van der Waals surface area contributed by atoms with Crippen molar-refractivity contribution in [2.75, 3.05) is 33.2 Å². The molecule has 1 aromatic rings. The molecule has 1 unspecified atom stereocenters. The summed E-state index contributed by atoms with van der Waals surface area (Å²) in [4.78, 5) is 18.2. The number of nitrogens with zero attached hydrogens (tertiary/aromatic N) is 2. The van der Waals surface area contributed by atoms with Crippen LogP contribution in [0.25, 0.3) is 0 Å². The van der Waals surface area contributed by atoms with Gasteiger partial charge < -0.3 is 16.0 Å². The molecule has 164 valence electrons. The summed E-state index contributed by atoms with van der Waals surface area (Å²) < 4.78 is 13.2. The molecule has 29 heavy (non-hydrogen) atoms. The van der Waals surface area contributed by atoms with Crippen molar-refractivity contribution >= 4 is 47.4 Å². The Labute approximate surface area is 195 Å². The van der Waals surface area contributed by atoms with E-state index in [1.165, 1.54) is 12.1 Å². The third kappa shape index (κ3) is 9.04. The Kier molecular flexibility index (Phi) is 11.8. The van der Waals surface area contributed by atoms with Gasteiger partial charge in [-0.2, -0.15) is 0 Å². The van der Waals surface area contributed by atoms with Crippen molar-refractivity contribution in [1.82, 2.24) is 20.9 Å². The average molecular weight is 540 g/mol. The SMILES string of the molecule is CN=C(NCCNC(=O)C(C)C)NC1CCCN(Cc2ccc(F)cc2Cl)C1.I. The van der Waals surface area contributed by atoms with Gasteiger partial charge in [0.05, 0.1) is 0 Å². The molecule has 9 heteroatoms. The van der Waals surface area contributed by atoms with Crippen LogP contribution in [0.5, 0.6) is 0 Å². The van der Waals surface area contributed by atoms with Crippen LogP contribution in [0, 0.1) is 11.7 Å². The number of amides is 1. The first kappa shape index (κ1) is 25.9. The van der Waals surface area contributed by atoms with Crippen molar-refractivity contribution in [1.29, 1.82) is 0 Å². The number of likely N-dealkylation sites (tertiary alicyclic amines) is 1. The summed E-state index contributed by atoms with van der Waals surface area (Å²) in [6.07, 6.45) is 2.12. The van der Waals surface area contributed by atoms with E-state index in [0.717, 1.165) is 37.5 Å². The number of carbonyl (C=O) groups excluding carboxylic acids is 1. The van der Waals surface area contributed by atoms with Crippen molar-refractivity contribution < 1.29 is 9.18 Å². The minimum absolute atomic E-state index is 0. The van der Waals surface area contributed by atoms with Crippen LogP contribution in [0.2, 0.25) is 5.02 Å². The standard InChI is InChI=1S/C20H31ClFN5O.HI/c1-14(2)19(28)24-8-9-25-20(23-3)26-17-5-4-10-27(13-17)12-15-6-7-16(22)11-18(15)21;/h6-7,11,14,17H,4-5,8-10,12-13H2,1-3H3,(H,24,28)(H2,23,25,26);1H. The number of guanidine groups is 1. The Morgan fingerprint density at radius 3 is 2.72 bits per heavy atom. The van der Waals surface area contributed by atoms with Crippen LogP contribution in [0.1, 0.15) is 32.3 Å². The van der Waals surface area contributed by atoms with Crippen LogP contribution >= 0.6 is 35.6 Å². The fourth-order valence-electron chi connectivity index (χ4n) is 3.17. The first-order valence-electron chi connectivity index (χ1n) is 9.80. The zero-order valence-corrected chi connectivity index (χ0v) is 20.4. The van der Waals surface area contributed by atoms with Crippen LogP contribution < -0.4 is 16.0 Å². The molecule has 1 aliphatic heterocycles. The molecule has 0 saturated carbocycles. The second-order valence-corrected chi connectivity index (χ2v) is 7.81. The quantitative estimate of drug-likeness (QED) is 0.216. The molecule has 0 spiro atoms. The highest BCUT2D eigenvalue weighted by Gasteiger charge is 2.21. The maximum Gasteiger partial charge on any atom is 0.222 e. The molecule has 2 rings (SSSR count). The van der Waals surface area contributed by atoms with E-state index in [1.807, 2.05) is 13.8 Å². The van der Waals surface area contributed by atoms with Gasteiger partial charge in [-0.3, -0.25) is 14.7 Å². The molecular formula is C20H32ClFIN5O. The molecule has 1 aliphatic rings. The Balaban J connectivity index is 0.00000420. The second kappa shape index (κ2) is 13.2. The van der Waals surface area contributed by atoms with Gasteiger partial charge >= 0.3 is 0 Å². The maximum absolute atomic E-state index is 13.2. The lowest BCUT2D eigenvalue weighted by molar-refractivity contribution is -0.123. The molecule has 1 heterocycles. The summed E-state index contributed by atoms with van der Waals surface area (Å²) in [5.41, 5.74) is 0.937. The number of aliphatic imine (C=N–C) groups is 1. The summed E-state index contributed by atoms with van der Waals surface area (Å²) in [5.74, 6) is 0.448. The molecule has 1 fully saturated rings. The van der Waals surface area contributed by atoms with Gasteiger partial charge in [0.2, 0.25) is 5.91 Å². The van der Waals surface area contributed by atoms with Gasteiger partial charge in [-0.25, -0.2) is 4.39 Å². The number of carbonyl (C=O) groups is 1. The van der Waals surface area contributed by atoms with Crippen molar-refractivity contribution in [3.8, 4) is 0 Å². The largest absolute Gasteiger partial charge is 0.355 e. The maximum atomic E-state index is 13.2. The number of piperidine rings is 1. The van der Waals surface area contributed by atoms with Crippen LogP contribution in [0.4, 0.5) is 4.39 Å². The molecule has 0 radical (unpaired) electrons. The van der Waals surface area contributed by atoms with Crippen molar-refractivity contribution in [3.63, 3.8) is 0 Å². The first-order valence-corrected chi connectivity index (χ1v) is 10.2. The Morgan fingerprint density at radius 1 is 1.34 bits per heavy atom. The van der Waals surface area contributed by atoms with Gasteiger partial charge in [0, 0.05) is 50.2 Å². The van der Waals surface area contributed by atoms with Gasteiger partial charge in [0.15, 0.2) is 5.96 Å². The van der Waals surface area contributed by atoms with Crippen molar-refractivity contribution in [3.05, 3.63) is 34.6 Å². The van der Waals surface area contributed by atoms with Crippen molar-refractivity contribution in [2.24, 2.45) is 10.9 Å². The van der Waals surface area contributed by atoms with E-state index in [0.29, 0.717) is 24.7 Å². The molecule has 3 N–H and O–H groups in total. The topological polar surface area (TPSA) is 68.8 Å². The molecular weight excluding hydrogens is 508 g/mol. The predicted octanol–water partition coefficient (Wildman–Crippen LogP) is 3.00. The van der Waals surface area contributed by atoms with Crippen molar-refractivity contribution in [2.45, 2.75) is 39.3 Å². The number of hydrogen-bond donors (Lipinski definition) is 3. The summed E-state index contributed by atoms with van der Waals surface area (Å²) >= 11 is 6.16. The molecule has 6 nitrogen and oxygen atoms in total. The molecule has 1 saturated heterocycles. The van der Waals surface area contributed by atoms with E-state index in [-0.39, 0.29) is 47.7 Å². The number of halogens is 3. The normalized spacial score (nSPS) is 17.6. The first-order chi connectivity index (χ1) is 13.4. The highest BCUT2D eigenvalue weighted by molar-refractivity contribution is 14.0. The van der Waals surface area contributed by atoms with E-state index < -0.39 is 0 Å². The predicted molar refractivity (Wildman–Crippen MR) is 127 cm³/mol. The monoisotopic (exact) mass is 539 g/mol. The van der Waals surface area contributed by atoms with Gasteiger partial charge in [-0.15, -0.1) is 24.0 Å². The van der Waals surface area contributed by atoms with Gasteiger partial charge in [-0.05, 0) is 37.1 Å². The van der Waals surface area contributed by atoms with E-state index in [1.54, 1.807) is 13.1 Å². The lowest BCUT2D eigenvalue weighted by Gasteiger charge is -2.34. The highest BCUT2D eigenvalue weighted by atomic mass is 127. The minimum atomic E-state index is -0.314. The van der Waals surface area contributed by atoms with Crippen LogP contribution in [-0.4, -0.2) is 56.0 Å².